The molecule has 0 saturated carbocycles. The Morgan fingerprint density at radius 2 is 1.65 bits per heavy atom. The van der Waals surface area contributed by atoms with Gasteiger partial charge in [-0.3, -0.25) is 4.79 Å². The van der Waals surface area contributed by atoms with Gasteiger partial charge < -0.3 is 21.1 Å². The summed E-state index contributed by atoms with van der Waals surface area (Å²) in [4.78, 5) is 24.3. The fourth-order valence-corrected chi connectivity index (χ4v) is 2.73. The van der Waals surface area contributed by atoms with Crippen molar-refractivity contribution in [2.75, 3.05) is 6.54 Å². The lowest BCUT2D eigenvalue weighted by atomic mass is 10.0. The first-order chi connectivity index (χ1) is 12.3. The number of unbranched alkanes of at least 4 members (excludes halogenated alkanes) is 1. The molecule has 0 bridgehead atoms. The van der Waals surface area contributed by atoms with E-state index >= 15 is 0 Å². The minimum absolute atomic E-state index is 0.138. The number of carbonyl (C=O) groups excluding carboxylic acids is 1. The van der Waals surface area contributed by atoms with Crippen LogP contribution in [0.15, 0.2) is 30.3 Å². The first-order valence-electron chi connectivity index (χ1n) is 9.38. The zero-order valence-corrected chi connectivity index (χ0v) is 16.3. The van der Waals surface area contributed by atoms with Crippen molar-refractivity contribution in [1.29, 1.82) is 0 Å². The quantitative estimate of drug-likeness (QED) is 0.428. The average molecular weight is 364 g/mol. The second kappa shape index (κ2) is 11.6. The molecule has 6 nitrogen and oxygen atoms in total. The minimum atomic E-state index is -1.06. The van der Waals surface area contributed by atoms with E-state index in [2.05, 4.69) is 29.8 Å². The van der Waals surface area contributed by atoms with Crippen molar-refractivity contribution in [1.82, 2.24) is 16.0 Å². The average Bonchev–Trinajstić information content (AvgIpc) is 2.58. The molecule has 146 valence electrons. The number of rotatable bonds is 12. The first kappa shape index (κ1) is 22.1. The summed E-state index contributed by atoms with van der Waals surface area (Å²) in [5.41, 5.74) is 0.567. The predicted octanol–water partition coefficient (Wildman–Crippen LogP) is 2.46. The van der Waals surface area contributed by atoms with Crippen molar-refractivity contribution in [3.05, 3.63) is 35.9 Å². The van der Waals surface area contributed by atoms with E-state index in [0.717, 1.165) is 19.4 Å². The maximum atomic E-state index is 12.7. The predicted molar refractivity (Wildman–Crippen MR) is 104 cm³/mol. The number of amides is 1. The molecule has 1 aromatic carbocycles. The second-order valence-electron chi connectivity index (χ2n) is 7.17. The maximum absolute atomic E-state index is 12.7. The third-order valence-electron chi connectivity index (χ3n) is 3.99. The topological polar surface area (TPSA) is 90.5 Å². The molecule has 0 aliphatic heterocycles. The van der Waals surface area contributed by atoms with Crippen molar-refractivity contribution in [2.24, 2.45) is 0 Å². The molecule has 1 amide bonds. The van der Waals surface area contributed by atoms with E-state index < -0.39 is 18.1 Å². The van der Waals surface area contributed by atoms with Gasteiger partial charge in [-0.25, -0.2) is 4.79 Å². The number of hydrogen-bond donors (Lipinski definition) is 4. The highest BCUT2D eigenvalue weighted by Gasteiger charge is 2.26. The first-order valence-corrected chi connectivity index (χ1v) is 9.38. The van der Waals surface area contributed by atoms with Gasteiger partial charge in [0.2, 0.25) is 5.91 Å². The van der Waals surface area contributed by atoms with E-state index in [1.54, 1.807) is 24.3 Å². The van der Waals surface area contributed by atoms with E-state index in [1.807, 2.05) is 19.9 Å². The van der Waals surface area contributed by atoms with Crippen LogP contribution in [0.25, 0.3) is 0 Å². The summed E-state index contributed by atoms with van der Waals surface area (Å²) in [6.45, 7) is 9.08. The number of aliphatic carboxylic acids is 1. The largest absolute Gasteiger partial charge is 0.479 e. The molecular formula is C20H33N3O3. The Labute approximate surface area is 156 Å². The molecule has 0 heterocycles. The Bertz CT molecular complexity index is 546. The summed E-state index contributed by atoms with van der Waals surface area (Å²) in [6, 6.07) is 7.92. The fraction of sp³-hybridized carbons (Fsp3) is 0.600. The fourth-order valence-electron chi connectivity index (χ4n) is 2.73. The molecule has 4 N–H and O–H groups in total. The van der Waals surface area contributed by atoms with E-state index in [9.17, 15) is 14.7 Å². The number of carboxylic acid groups (broad SMARTS) is 1. The van der Waals surface area contributed by atoms with Gasteiger partial charge in [0.1, 0.15) is 0 Å². The van der Waals surface area contributed by atoms with Crippen LogP contribution in [0, 0.1) is 0 Å². The number of benzene rings is 1. The van der Waals surface area contributed by atoms with Crippen LogP contribution in [0.2, 0.25) is 0 Å². The summed E-state index contributed by atoms with van der Waals surface area (Å²) < 4.78 is 0. The lowest BCUT2D eigenvalue weighted by Gasteiger charge is -2.23. The van der Waals surface area contributed by atoms with Gasteiger partial charge in [0.25, 0.3) is 0 Å². The van der Waals surface area contributed by atoms with Gasteiger partial charge in [-0.05, 0) is 24.9 Å². The molecule has 0 radical (unpaired) electrons. The molecule has 26 heavy (non-hydrogen) atoms. The van der Waals surface area contributed by atoms with Crippen LogP contribution in [0.5, 0.6) is 0 Å². The van der Waals surface area contributed by atoms with Crippen LogP contribution >= 0.6 is 0 Å². The van der Waals surface area contributed by atoms with Gasteiger partial charge in [0.05, 0.1) is 6.04 Å². The summed E-state index contributed by atoms with van der Waals surface area (Å²) in [7, 11) is 0. The smallest absolute Gasteiger partial charge is 0.330 e. The number of hydrogen-bond acceptors (Lipinski definition) is 4. The number of nitrogens with one attached hydrogen (secondary N) is 3. The molecule has 6 heteroatoms. The van der Waals surface area contributed by atoms with Crippen LogP contribution in [-0.4, -0.2) is 41.7 Å². The van der Waals surface area contributed by atoms with Gasteiger partial charge in [-0.15, -0.1) is 0 Å². The zero-order chi connectivity index (χ0) is 19.5. The summed E-state index contributed by atoms with van der Waals surface area (Å²) in [5, 5.41) is 18.8. The third kappa shape index (κ3) is 8.45. The summed E-state index contributed by atoms with van der Waals surface area (Å²) in [6.07, 6.45) is 2.54. The van der Waals surface area contributed by atoms with Gasteiger partial charge >= 0.3 is 5.97 Å². The second-order valence-corrected chi connectivity index (χ2v) is 7.17. The SMILES string of the molecule is CC(C)NCCCCC(NC(C)C)C(=O)NC(C(=O)O)c1ccccc1. The molecule has 0 spiro atoms. The van der Waals surface area contributed by atoms with Gasteiger partial charge in [0, 0.05) is 12.1 Å². The Kier molecular flexibility index (Phi) is 9.91. The van der Waals surface area contributed by atoms with Crippen molar-refractivity contribution in [3.63, 3.8) is 0 Å². The molecule has 1 aromatic rings. The van der Waals surface area contributed by atoms with Crippen LogP contribution in [0.3, 0.4) is 0 Å². The molecule has 2 unspecified atom stereocenters. The summed E-state index contributed by atoms with van der Waals surface area (Å²) in [5.74, 6) is -1.33. The lowest BCUT2D eigenvalue weighted by molar-refractivity contribution is -0.142. The Morgan fingerprint density at radius 1 is 1.00 bits per heavy atom. The highest BCUT2D eigenvalue weighted by Crippen LogP contribution is 2.14. The van der Waals surface area contributed by atoms with Crippen LogP contribution in [0.1, 0.15) is 58.6 Å². The van der Waals surface area contributed by atoms with Gasteiger partial charge in [-0.1, -0.05) is 64.4 Å². The van der Waals surface area contributed by atoms with Gasteiger partial charge in [-0.2, -0.15) is 0 Å². The number of carboxylic acids is 1. The van der Waals surface area contributed by atoms with E-state index in [0.29, 0.717) is 18.0 Å². The minimum Gasteiger partial charge on any atom is -0.479 e. The van der Waals surface area contributed by atoms with E-state index in [-0.39, 0.29) is 11.9 Å². The van der Waals surface area contributed by atoms with Crippen molar-refractivity contribution in [3.8, 4) is 0 Å². The van der Waals surface area contributed by atoms with Crippen LogP contribution < -0.4 is 16.0 Å². The molecule has 0 saturated heterocycles. The molecule has 0 aliphatic rings. The molecule has 0 aliphatic carbocycles. The highest BCUT2D eigenvalue weighted by molar-refractivity contribution is 5.87. The molecule has 2 atom stereocenters. The van der Waals surface area contributed by atoms with Crippen LogP contribution in [-0.2, 0) is 9.59 Å². The third-order valence-corrected chi connectivity index (χ3v) is 3.99. The van der Waals surface area contributed by atoms with E-state index in [4.69, 9.17) is 0 Å². The van der Waals surface area contributed by atoms with Crippen molar-refractivity contribution >= 4 is 11.9 Å². The Morgan fingerprint density at radius 3 is 2.19 bits per heavy atom. The Balaban J connectivity index is 2.66. The Hall–Kier alpha value is -1.92. The van der Waals surface area contributed by atoms with Crippen molar-refractivity contribution in [2.45, 2.75) is 71.1 Å². The standard InChI is InChI=1S/C20H33N3O3/c1-14(2)21-13-9-8-12-17(22-15(3)4)19(24)23-18(20(25)26)16-10-6-5-7-11-16/h5-7,10-11,14-15,17-18,21-22H,8-9,12-13H2,1-4H3,(H,23,24)(H,25,26). The molecule has 1 rings (SSSR count). The van der Waals surface area contributed by atoms with Gasteiger partial charge in [0.15, 0.2) is 6.04 Å². The zero-order valence-electron chi connectivity index (χ0n) is 16.3. The monoisotopic (exact) mass is 363 g/mol. The highest BCUT2D eigenvalue weighted by atomic mass is 16.4. The van der Waals surface area contributed by atoms with E-state index in [1.165, 1.54) is 0 Å². The maximum Gasteiger partial charge on any atom is 0.330 e. The normalized spacial score (nSPS) is 13.6. The van der Waals surface area contributed by atoms with Crippen molar-refractivity contribution < 1.29 is 14.7 Å². The molecule has 0 aromatic heterocycles. The summed E-state index contributed by atoms with van der Waals surface area (Å²) >= 11 is 0. The molecule has 0 fully saturated rings. The van der Waals surface area contributed by atoms with Crippen LogP contribution in [0.4, 0.5) is 0 Å². The molecular weight excluding hydrogens is 330 g/mol. The number of carbonyl (C=O) groups is 2. The lowest BCUT2D eigenvalue weighted by Crippen LogP contribution is -2.49.